The number of hydrogen-bond donors (Lipinski definition) is 0. The molecule has 0 spiro atoms. The summed E-state index contributed by atoms with van der Waals surface area (Å²) in [6.07, 6.45) is 4.55. The second-order valence-electron chi connectivity index (χ2n) is 5.93. The highest BCUT2D eigenvalue weighted by atomic mass is 32.2. The number of fused-ring (bicyclic) bond motifs is 1. The Bertz CT molecular complexity index is 791. The molecule has 3 rings (SSSR count). The molecule has 1 atom stereocenters. The van der Waals surface area contributed by atoms with Crippen LogP contribution in [0.5, 0.6) is 0 Å². The normalized spacial score (nSPS) is 17.2. The van der Waals surface area contributed by atoms with Crippen LogP contribution < -0.4 is 5.56 Å². The van der Waals surface area contributed by atoms with Gasteiger partial charge in [0.1, 0.15) is 0 Å². The van der Waals surface area contributed by atoms with Crippen molar-refractivity contribution in [2.24, 2.45) is 0 Å². The van der Waals surface area contributed by atoms with Crippen molar-refractivity contribution >= 4 is 22.7 Å². The topological polar surface area (TPSA) is 67.9 Å². The minimum atomic E-state index is 0.00984. The Morgan fingerprint density at radius 1 is 1.38 bits per heavy atom. The summed E-state index contributed by atoms with van der Waals surface area (Å²) in [6.45, 7) is 1.34. The van der Waals surface area contributed by atoms with E-state index in [-0.39, 0.29) is 11.7 Å². The summed E-state index contributed by atoms with van der Waals surface area (Å²) in [5, 5.41) is 10.0. The third-order valence-corrected chi connectivity index (χ3v) is 5.21. The number of benzene rings is 1. The van der Waals surface area contributed by atoms with Gasteiger partial charge in [-0.1, -0.05) is 23.9 Å². The van der Waals surface area contributed by atoms with Crippen molar-refractivity contribution in [3.63, 3.8) is 0 Å². The minimum Gasteiger partial charge on any atom is -0.376 e. The SMILES string of the molecule is N#CCCCCSc1nc2ccccc2c(=O)n1CC1CCCO1. The first-order valence-corrected chi connectivity index (χ1v) is 9.39. The first-order chi connectivity index (χ1) is 11.8. The van der Waals surface area contributed by atoms with Gasteiger partial charge in [-0.2, -0.15) is 5.26 Å². The van der Waals surface area contributed by atoms with Crippen LogP contribution in [0.25, 0.3) is 10.9 Å². The third kappa shape index (κ3) is 3.97. The van der Waals surface area contributed by atoms with E-state index in [9.17, 15) is 4.79 Å². The Kier molecular flexibility index (Phi) is 5.89. The molecule has 0 aliphatic carbocycles. The lowest BCUT2D eigenvalue weighted by atomic mass is 10.2. The fraction of sp³-hybridized carbons (Fsp3) is 0.500. The Hall–Kier alpha value is -1.84. The van der Waals surface area contributed by atoms with Gasteiger partial charge in [-0.05, 0) is 37.8 Å². The molecule has 0 radical (unpaired) electrons. The van der Waals surface area contributed by atoms with Gasteiger partial charge in [0.15, 0.2) is 5.16 Å². The van der Waals surface area contributed by atoms with E-state index >= 15 is 0 Å². The number of aromatic nitrogens is 2. The van der Waals surface area contributed by atoms with Crippen molar-refractivity contribution in [3.8, 4) is 6.07 Å². The number of ether oxygens (including phenoxy) is 1. The number of unbranched alkanes of at least 4 members (excludes halogenated alkanes) is 2. The van der Waals surface area contributed by atoms with Crippen molar-refractivity contribution in [3.05, 3.63) is 34.6 Å². The van der Waals surface area contributed by atoms with Crippen LogP contribution in [-0.4, -0.2) is 28.0 Å². The summed E-state index contributed by atoms with van der Waals surface area (Å²) in [6, 6.07) is 9.65. The fourth-order valence-electron chi connectivity index (χ4n) is 2.88. The number of hydrogen-bond acceptors (Lipinski definition) is 5. The zero-order valence-electron chi connectivity index (χ0n) is 13.6. The van der Waals surface area contributed by atoms with E-state index < -0.39 is 0 Å². The molecule has 0 N–H and O–H groups in total. The summed E-state index contributed by atoms with van der Waals surface area (Å²) >= 11 is 1.60. The molecule has 1 fully saturated rings. The molecule has 1 aromatic heterocycles. The molecule has 2 heterocycles. The summed E-state index contributed by atoms with van der Waals surface area (Å²) < 4.78 is 7.47. The second kappa shape index (κ2) is 8.32. The lowest BCUT2D eigenvalue weighted by Crippen LogP contribution is -2.28. The minimum absolute atomic E-state index is 0.00984. The molecule has 0 saturated carbocycles. The molecular formula is C18H21N3O2S. The van der Waals surface area contributed by atoms with Crippen LogP contribution >= 0.6 is 11.8 Å². The highest BCUT2D eigenvalue weighted by Gasteiger charge is 2.20. The number of rotatable bonds is 7. The number of nitriles is 1. The van der Waals surface area contributed by atoms with Gasteiger partial charge in [-0.3, -0.25) is 9.36 Å². The predicted molar refractivity (Wildman–Crippen MR) is 95.2 cm³/mol. The third-order valence-electron chi connectivity index (χ3n) is 4.15. The van der Waals surface area contributed by atoms with E-state index in [2.05, 4.69) is 6.07 Å². The van der Waals surface area contributed by atoms with E-state index in [1.54, 1.807) is 16.3 Å². The van der Waals surface area contributed by atoms with Crippen LogP contribution in [0.2, 0.25) is 0 Å². The Morgan fingerprint density at radius 2 is 2.25 bits per heavy atom. The van der Waals surface area contributed by atoms with E-state index in [0.29, 0.717) is 18.4 Å². The molecule has 1 aromatic carbocycles. The monoisotopic (exact) mass is 343 g/mol. The lowest BCUT2D eigenvalue weighted by molar-refractivity contribution is 0.0937. The lowest BCUT2D eigenvalue weighted by Gasteiger charge is -2.16. The fourth-order valence-corrected chi connectivity index (χ4v) is 3.89. The van der Waals surface area contributed by atoms with Gasteiger partial charge in [0, 0.05) is 18.8 Å². The molecule has 6 heteroatoms. The van der Waals surface area contributed by atoms with Crippen molar-refractivity contribution in [1.82, 2.24) is 9.55 Å². The van der Waals surface area contributed by atoms with Crippen LogP contribution in [0, 0.1) is 11.3 Å². The average molecular weight is 343 g/mol. The Labute approximate surface area is 145 Å². The Morgan fingerprint density at radius 3 is 3.04 bits per heavy atom. The zero-order chi connectivity index (χ0) is 16.8. The van der Waals surface area contributed by atoms with Gasteiger partial charge in [-0.25, -0.2) is 4.98 Å². The molecule has 1 saturated heterocycles. The second-order valence-corrected chi connectivity index (χ2v) is 6.99. The largest absolute Gasteiger partial charge is 0.376 e. The molecule has 0 bridgehead atoms. The van der Waals surface area contributed by atoms with Crippen LogP contribution in [0.15, 0.2) is 34.2 Å². The summed E-state index contributed by atoms with van der Waals surface area (Å²) in [5.41, 5.74) is 0.751. The molecule has 1 aliphatic rings. The van der Waals surface area contributed by atoms with Crippen LogP contribution in [-0.2, 0) is 11.3 Å². The van der Waals surface area contributed by atoms with Gasteiger partial charge in [0.25, 0.3) is 5.56 Å². The van der Waals surface area contributed by atoms with Crippen molar-refractivity contribution in [1.29, 1.82) is 5.26 Å². The van der Waals surface area contributed by atoms with Crippen molar-refractivity contribution in [2.75, 3.05) is 12.4 Å². The average Bonchev–Trinajstić information content (AvgIpc) is 3.11. The van der Waals surface area contributed by atoms with Gasteiger partial charge in [0.2, 0.25) is 0 Å². The van der Waals surface area contributed by atoms with Gasteiger partial charge in [0.05, 0.1) is 29.6 Å². The zero-order valence-corrected chi connectivity index (χ0v) is 14.4. The van der Waals surface area contributed by atoms with Crippen LogP contribution in [0.4, 0.5) is 0 Å². The van der Waals surface area contributed by atoms with Crippen molar-refractivity contribution in [2.45, 2.75) is 49.9 Å². The quantitative estimate of drug-likeness (QED) is 0.438. The molecule has 0 amide bonds. The van der Waals surface area contributed by atoms with Crippen molar-refractivity contribution < 1.29 is 4.74 Å². The van der Waals surface area contributed by atoms with Crippen LogP contribution in [0.3, 0.4) is 0 Å². The standard InChI is InChI=1S/C18H21N3O2S/c19-10-4-1-5-12-24-18-20-16-9-3-2-8-15(16)17(22)21(18)13-14-7-6-11-23-14/h2-3,8-9,14H,1,4-7,11-13H2. The molecule has 2 aromatic rings. The van der Waals surface area contributed by atoms with Gasteiger partial charge < -0.3 is 4.74 Å². The highest BCUT2D eigenvalue weighted by molar-refractivity contribution is 7.99. The first-order valence-electron chi connectivity index (χ1n) is 8.40. The smallest absolute Gasteiger partial charge is 0.262 e. The van der Waals surface area contributed by atoms with Gasteiger partial charge in [-0.15, -0.1) is 0 Å². The van der Waals surface area contributed by atoms with E-state index in [1.165, 1.54) is 0 Å². The number of nitrogens with zero attached hydrogens (tertiary/aromatic N) is 3. The number of para-hydroxylation sites is 1. The summed E-state index contributed by atoms with van der Waals surface area (Å²) in [5.74, 6) is 0.859. The number of thioether (sulfide) groups is 1. The van der Waals surface area contributed by atoms with E-state index in [4.69, 9.17) is 15.0 Å². The molecule has 5 nitrogen and oxygen atoms in total. The first kappa shape index (κ1) is 17.0. The molecule has 1 aliphatic heterocycles. The van der Waals surface area contributed by atoms with Gasteiger partial charge >= 0.3 is 0 Å². The molecule has 1 unspecified atom stereocenters. The maximum Gasteiger partial charge on any atom is 0.262 e. The molecule has 126 valence electrons. The summed E-state index contributed by atoms with van der Waals surface area (Å²) in [4.78, 5) is 17.6. The van der Waals surface area contributed by atoms with Crippen LogP contribution in [0.1, 0.15) is 32.1 Å². The Balaban J connectivity index is 1.86. The summed E-state index contributed by atoms with van der Waals surface area (Å²) in [7, 11) is 0. The molecular weight excluding hydrogens is 322 g/mol. The predicted octanol–water partition coefficient (Wildman–Crippen LogP) is 3.36. The maximum absolute atomic E-state index is 12.9. The van der Waals surface area contributed by atoms with E-state index in [0.717, 1.165) is 48.7 Å². The molecule has 24 heavy (non-hydrogen) atoms. The highest BCUT2D eigenvalue weighted by Crippen LogP contribution is 2.22. The van der Waals surface area contributed by atoms with E-state index in [1.807, 2.05) is 24.3 Å². The maximum atomic E-state index is 12.9.